The van der Waals surface area contributed by atoms with Gasteiger partial charge in [-0.2, -0.15) is 9.67 Å². The van der Waals surface area contributed by atoms with Crippen molar-refractivity contribution in [3.8, 4) is 17.1 Å². The van der Waals surface area contributed by atoms with Crippen molar-refractivity contribution in [1.82, 2.24) is 14.8 Å². The minimum absolute atomic E-state index is 0.321. The molecular formula is C25H23ClN4O2. The molecule has 1 atom stereocenters. The summed E-state index contributed by atoms with van der Waals surface area (Å²) in [5, 5.41) is 8.38. The Morgan fingerprint density at radius 3 is 2.41 bits per heavy atom. The third kappa shape index (κ3) is 5.15. The predicted molar refractivity (Wildman–Crippen MR) is 126 cm³/mol. The number of aromatic nitrogens is 3. The van der Waals surface area contributed by atoms with Crippen LogP contribution in [0.1, 0.15) is 22.8 Å². The van der Waals surface area contributed by atoms with Gasteiger partial charge in [-0.1, -0.05) is 71.8 Å². The summed E-state index contributed by atoms with van der Waals surface area (Å²) in [4.78, 5) is 17.8. The highest BCUT2D eigenvalue weighted by Gasteiger charge is 2.23. The van der Waals surface area contributed by atoms with E-state index in [9.17, 15) is 4.79 Å². The van der Waals surface area contributed by atoms with E-state index in [0.29, 0.717) is 29.1 Å². The molecule has 4 rings (SSSR count). The van der Waals surface area contributed by atoms with Crippen molar-refractivity contribution in [3.63, 3.8) is 0 Å². The van der Waals surface area contributed by atoms with E-state index >= 15 is 0 Å². The van der Waals surface area contributed by atoms with Crippen LogP contribution in [0.3, 0.4) is 0 Å². The molecule has 0 bridgehead atoms. The van der Waals surface area contributed by atoms with Gasteiger partial charge in [-0.15, -0.1) is 5.10 Å². The first-order valence-corrected chi connectivity index (χ1v) is 10.7. The zero-order chi connectivity index (χ0) is 22.5. The fourth-order valence-electron chi connectivity index (χ4n) is 3.11. The molecule has 0 aliphatic carbocycles. The van der Waals surface area contributed by atoms with Crippen LogP contribution in [0, 0.1) is 6.92 Å². The highest BCUT2D eigenvalue weighted by molar-refractivity contribution is 6.30. The molecule has 7 heteroatoms. The molecule has 0 aliphatic heterocycles. The summed E-state index contributed by atoms with van der Waals surface area (Å²) < 4.78 is 7.09. The van der Waals surface area contributed by atoms with Crippen LogP contribution in [0.15, 0.2) is 78.9 Å². The summed E-state index contributed by atoms with van der Waals surface area (Å²) in [5.41, 5.74) is 2.96. The van der Waals surface area contributed by atoms with Gasteiger partial charge in [0, 0.05) is 17.1 Å². The van der Waals surface area contributed by atoms with Crippen molar-refractivity contribution >= 4 is 23.5 Å². The molecule has 162 valence electrons. The van der Waals surface area contributed by atoms with Crippen molar-refractivity contribution < 1.29 is 9.53 Å². The van der Waals surface area contributed by atoms with Crippen LogP contribution in [0.25, 0.3) is 11.4 Å². The van der Waals surface area contributed by atoms with E-state index in [1.54, 1.807) is 6.92 Å². The molecule has 32 heavy (non-hydrogen) atoms. The molecule has 6 nitrogen and oxygen atoms in total. The van der Waals surface area contributed by atoms with Gasteiger partial charge in [-0.3, -0.25) is 4.79 Å². The lowest BCUT2D eigenvalue weighted by atomic mass is 10.1. The first-order valence-electron chi connectivity index (χ1n) is 10.3. The van der Waals surface area contributed by atoms with E-state index in [0.717, 1.165) is 16.7 Å². The average molecular weight is 447 g/mol. The Morgan fingerprint density at radius 1 is 1.03 bits per heavy atom. The SMILES string of the molecule is Cc1ccc(-c2nc(NCc3ccc(Cl)cc3)n(C(=O)C(C)Oc3ccccc3)n2)cc1. The van der Waals surface area contributed by atoms with Crippen molar-refractivity contribution in [3.05, 3.63) is 95.0 Å². The molecule has 0 saturated heterocycles. The number of carbonyl (C=O) groups is 1. The molecule has 0 amide bonds. The van der Waals surface area contributed by atoms with Gasteiger partial charge in [0.25, 0.3) is 5.91 Å². The maximum Gasteiger partial charge on any atom is 0.290 e. The standard InChI is InChI=1S/C25H23ClN4O2/c1-17-8-12-20(13-9-17)23-28-25(27-16-19-10-14-21(26)15-11-19)30(29-23)24(31)18(2)32-22-6-4-3-5-7-22/h3-15,18H,16H2,1-2H3,(H,27,28,29). The van der Waals surface area contributed by atoms with Gasteiger partial charge in [0.2, 0.25) is 5.95 Å². The van der Waals surface area contributed by atoms with Crippen molar-refractivity contribution in [2.75, 3.05) is 5.32 Å². The highest BCUT2D eigenvalue weighted by Crippen LogP contribution is 2.21. The van der Waals surface area contributed by atoms with E-state index < -0.39 is 6.10 Å². The average Bonchev–Trinajstić information content (AvgIpc) is 3.23. The summed E-state index contributed by atoms with van der Waals surface area (Å²) in [7, 11) is 0. The van der Waals surface area contributed by atoms with Gasteiger partial charge in [0.1, 0.15) is 5.75 Å². The molecule has 1 aromatic heterocycles. The minimum atomic E-state index is -0.749. The monoisotopic (exact) mass is 446 g/mol. The molecule has 1 N–H and O–H groups in total. The molecule has 0 aliphatic rings. The molecule has 4 aromatic rings. The number of anilines is 1. The first-order chi connectivity index (χ1) is 15.5. The summed E-state index contributed by atoms with van der Waals surface area (Å²) in [6, 6.07) is 24.5. The Bertz CT molecular complexity index is 1190. The van der Waals surface area contributed by atoms with Gasteiger partial charge < -0.3 is 10.1 Å². The molecule has 0 spiro atoms. The first kappa shape index (κ1) is 21.6. The summed E-state index contributed by atoms with van der Waals surface area (Å²) in [6.45, 7) is 4.18. The second-order valence-electron chi connectivity index (χ2n) is 7.43. The van der Waals surface area contributed by atoms with E-state index in [1.165, 1.54) is 4.68 Å². The lowest BCUT2D eigenvalue weighted by Gasteiger charge is -2.14. The Kier molecular flexibility index (Phi) is 6.52. The second-order valence-corrected chi connectivity index (χ2v) is 7.86. The lowest BCUT2D eigenvalue weighted by Crippen LogP contribution is -2.31. The van der Waals surface area contributed by atoms with Crippen LogP contribution >= 0.6 is 11.6 Å². The summed E-state index contributed by atoms with van der Waals surface area (Å²) in [6.07, 6.45) is -0.749. The van der Waals surface area contributed by atoms with Gasteiger partial charge in [0.05, 0.1) is 0 Å². The lowest BCUT2D eigenvalue weighted by molar-refractivity contribution is 0.0713. The zero-order valence-electron chi connectivity index (χ0n) is 17.8. The number of halogens is 1. The Balaban J connectivity index is 1.61. The van der Waals surface area contributed by atoms with Crippen molar-refractivity contribution in [2.24, 2.45) is 0 Å². The summed E-state index contributed by atoms with van der Waals surface area (Å²) in [5.74, 6) is 1.11. The van der Waals surface area contributed by atoms with E-state index in [2.05, 4.69) is 15.4 Å². The number of hydrogen-bond donors (Lipinski definition) is 1. The fourth-order valence-corrected chi connectivity index (χ4v) is 3.24. The molecular weight excluding hydrogens is 424 g/mol. The Morgan fingerprint density at radius 2 is 1.72 bits per heavy atom. The fraction of sp³-hybridized carbons (Fsp3) is 0.160. The van der Waals surface area contributed by atoms with E-state index in [1.807, 2.05) is 85.8 Å². The van der Waals surface area contributed by atoms with Gasteiger partial charge in [-0.25, -0.2) is 0 Å². The predicted octanol–water partition coefficient (Wildman–Crippen LogP) is 5.63. The number of aryl methyl sites for hydroxylation is 1. The van der Waals surface area contributed by atoms with Crippen molar-refractivity contribution in [2.45, 2.75) is 26.5 Å². The number of carbonyl (C=O) groups excluding carboxylic acids is 1. The van der Waals surface area contributed by atoms with Crippen LogP contribution in [0.4, 0.5) is 5.95 Å². The smallest absolute Gasteiger partial charge is 0.290 e. The highest BCUT2D eigenvalue weighted by atomic mass is 35.5. The second kappa shape index (κ2) is 9.66. The third-order valence-electron chi connectivity index (χ3n) is 4.89. The van der Waals surface area contributed by atoms with Crippen LogP contribution < -0.4 is 10.1 Å². The van der Waals surface area contributed by atoms with Gasteiger partial charge >= 0.3 is 0 Å². The number of para-hydroxylation sites is 1. The maximum absolute atomic E-state index is 13.2. The maximum atomic E-state index is 13.2. The Hall–Kier alpha value is -3.64. The number of benzene rings is 3. The van der Waals surface area contributed by atoms with Crippen molar-refractivity contribution in [1.29, 1.82) is 0 Å². The molecule has 1 unspecified atom stereocenters. The number of ether oxygens (including phenoxy) is 1. The van der Waals surface area contributed by atoms with Crippen LogP contribution in [0.2, 0.25) is 5.02 Å². The van der Waals surface area contributed by atoms with Crippen LogP contribution in [0.5, 0.6) is 5.75 Å². The molecule has 3 aromatic carbocycles. The number of nitrogens with one attached hydrogen (secondary N) is 1. The molecule has 0 radical (unpaired) electrons. The molecule has 0 saturated carbocycles. The van der Waals surface area contributed by atoms with Crippen LogP contribution in [-0.2, 0) is 6.54 Å². The number of nitrogens with zero attached hydrogens (tertiary/aromatic N) is 3. The molecule has 1 heterocycles. The van der Waals surface area contributed by atoms with Gasteiger partial charge in [0.15, 0.2) is 11.9 Å². The topological polar surface area (TPSA) is 69.0 Å². The normalized spacial score (nSPS) is 11.7. The van der Waals surface area contributed by atoms with Gasteiger partial charge in [-0.05, 0) is 43.7 Å². The molecule has 0 fully saturated rings. The van der Waals surface area contributed by atoms with E-state index in [4.69, 9.17) is 16.3 Å². The van der Waals surface area contributed by atoms with Crippen LogP contribution in [-0.4, -0.2) is 26.8 Å². The summed E-state index contributed by atoms with van der Waals surface area (Å²) >= 11 is 5.97. The zero-order valence-corrected chi connectivity index (χ0v) is 18.6. The number of rotatable bonds is 7. The Labute approximate surface area is 191 Å². The quantitative estimate of drug-likeness (QED) is 0.398. The largest absolute Gasteiger partial charge is 0.481 e. The number of hydrogen-bond acceptors (Lipinski definition) is 5. The third-order valence-corrected chi connectivity index (χ3v) is 5.15. The minimum Gasteiger partial charge on any atom is -0.481 e. The van der Waals surface area contributed by atoms with E-state index in [-0.39, 0.29) is 5.91 Å².